The van der Waals surface area contributed by atoms with E-state index < -0.39 is 30.3 Å². The number of hydrogen-bond donors (Lipinski definition) is 4. The summed E-state index contributed by atoms with van der Waals surface area (Å²) in [7, 11) is 1.30. The van der Waals surface area contributed by atoms with Crippen LogP contribution in [0.15, 0.2) is 132 Å². The number of rotatable bonds is 14. The average molecular weight is 747 g/mol. The normalized spacial score (nSPS) is 17.3. The third kappa shape index (κ3) is 10.1. The van der Waals surface area contributed by atoms with E-state index in [1.54, 1.807) is 36.0 Å². The Bertz CT molecular complexity index is 2010. The minimum absolute atomic E-state index is 0.0408. The summed E-state index contributed by atoms with van der Waals surface area (Å²) in [4.78, 5) is 37.7. The Morgan fingerprint density at radius 3 is 2.19 bits per heavy atom. The molecule has 0 spiro atoms. The number of thioether (sulfide) groups is 1. The summed E-state index contributed by atoms with van der Waals surface area (Å²) in [5.74, 6) is -0.851. The van der Waals surface area contributed by atoms with Gasteiger partial charge in [-0.05, 0) is 57.6 Å². The number of benzene rings is 5. The Labute approximate surface area is 318 Å². The highest BCUT2D eigenvalue weighted by Crippen LogP contribution is 2.40. The van der Waals surface area contributed by atoms with E-state index in [2.05, 4.69) is 10.6 Å². The van der Waals surface area contributed by atoms with E-state index in [0.29, 0.717) is 18.6 Å². The Morgan fingerprint density at radius 1 is 0.815 bits per heavy atom. The first-order valence-electron chi connectivity index (χ1n) is 17.6. The molecule has 0 unspecified atom stereocenters. The highest BCUT2D eigenvalue weighted by Gasteiger charge is 2.32. The number of ether oxygens (including phenoxy) is 3. The maximum absolute atomic E-state index is 13.0. The van der Waals surface area contributed by atoms with Crippen molar-refractivity contribution in [2.75, 3.05) is 12.9 Å². The fourth-order valence-electron chi connectivity index (χ4n) is 6.25. The minimum atomic E-state index is -0.962. The van der Waals surface area contributed by atoms with E-state index in [4.69, 9.17) is 14.2 Å². The van der Waals surface area contributed by atoms with Crippen molar-refractivity contribution in [1.82, 2.24) is 10.6 Å². The third-order valence-electron chi connectivity index (χ3n) is 9.18. The van der Waals surface area contributed by atoms with Crippen LogP contribution in [0.1, 0.15) is 57.0 Å². The molecule has 0 saturated carbocycles. The van der Waals surface area contributed by atoms with Gasteiger partial charge in [0.1, 0.15) is 6.04 Å². The molecule has 0 aliphatic carbocycles. The summed E-state index contributed by atoms with van der Waals surface area (Å²) in [5.41, 5.74) is 6.56. The van der Waals surface area contributed by atoms with Gasteiger partial charge >= 0.3 is 18.0 Å². The lowest BCUT2D eigenvalue weighted by Crippen LogP contribution is -2.47. The van der Waals surface area contributed by atoms with Crippen LogP contribution in [0, 0.1) is 0 Å². The number of hydrogen-bond acceptors (Lipinski definition) is 8. The number of aliphatic hydroxyl groups excluding tert-OH is 1. The second kappa shape index (κ2) is 18.5. The summed E-state index contributed by atoms with van der Waals surface area (Å²) in [5, 5.41) is 24.5. The zero-order chi connectivity index (χ0) is 37.9. The molecule has 0 bridgehead atoms. The number of carboxylic acid groups (broad SMARTS) is 1. The van der Waals surface area contributed by atoms with Crippen molar-refractivity contribution >= 4 is 29.7 Å². The highest BCUT2D eigenvalue weighted by molar-refractivity contribution is 7.99. The number of carbonyl (C=O) groups excluding carboxylic acids is 2. The number of nitrogens with one attached hydrogen (secondary N) is 2. The summed E-state index contributed by atoms with van der Waals surface area (Å²) in [6, 6.07) is 38.4. The average Bonchev–Trinajstić information content (AvgIpc) is 3.22. The van der Waals surface area contributed by atoms with Gasteiger partial charge in [-0.1, -0.05) is 103 Å². The molecular formula is C43H42N2O8S. The van der Waals surface area contributed by atoms with Gasteiger partial charge in [-0.3, -0.25) is 0 Å². The number of urea groups is 1. The molecule has 5 aromatic carbocycles. The van der Waals surface area contributed by atoms with Gasteiger partial charge in [-0.25, -0.2) is 14.4 Å². The van der Waals surface area contributed by atoms with Crippen molar-refractivity contribution in [3.63, 3.8) is 0 Å². The fourth-order valence-corrected chi connectivity index (χ4v) is 7.17. The van der Waals surface area contributed by atoms with Crippen LogP contribution in [0.2, 0.25) is 0 Å². The van der Waals surface area contributed by atoms with E-state index in [0.717, 1.165) is 43.8 Å². The second-order valence-corrected chi connectivity index (χ2v) is 14.0. The SMILES string of the molecule is COC(=O)[C@H](Cc1ccccc1)NC(=O)NCc1ccccc1-c1ccc([C@H]2O[C@@H](CSc3ccc(C(=O)O)cc3)C[C@@H](c3ccc(CO)cc3)O2)cc1. The van der Waals surface area contributed by atoms with Crippen LogP contribution in [0.5, 0.6) is 0 Å². The molecule has 278 valence electrons. The van der Waals surface area contributed by atoms with Crippen LogP contribution in [-0.4, -0.2) is 53.2 Å². The van der Waals surface area contributed by atoms with Gasteiger partial charge < -0.3 is 35.1 Å². The Hall–Kier alpha value is -5.46. The molecule has 1 fully saturated rings. The minimum Gasteiger partial charge on any atom is -0.478 e. The molecule has 11 heteroatoms. The maximum atomic E-state index is 13.0. The fraction of sp³-hybridized carbons (Fsp3) is 0.233. The van der Waals surface area contributed by atoms with Gasteiger partial charge in [0.2, 0.25) is 0 Å². The number of aliphatic hydroxyl groups is 1. The van der Waals surface area contributed by atoms with Gasteiger partial charge in [0.25, 0.3) is 0 Å². The molecule has 0 aromatic heterocycles. The van der Waals surface area contributed by atoms with E-state index in [9.17, 15) is 24.6 Å². The standard InChI is InChI=1S/C43H42N2O8S/c1-51-41(49)38(23-28-7-3-2-4-8-28)45-43(50)44-25-34-9-5-6-10-37(34)30-15-17-33(18-16-30)42-52-35(27-54-36-21-19-32(20-22-36)40(47)48)24-39(53-42)31-13-11-29(26-46)12-14-31/h2-22,35,38-39,42,46H,23-27H2,1H3,(H,47,48)(H2,44,45,50)/t35-,38+,39+,42+/m1/s1. The van der Waals surface area contributed by atoms with Crippen molar-refractivity contribution in [2.24, 2.45) is 0 Å². The molecule has 1 aliphatic heterocycles. The van der Waals surface area contributed by atoms with Crippen LogP contribution < -0.4 is 10.6 Å². The molecular weight excluding hydrogens is 705 g/mol. The first-order chi connectivity index (χ1) is 26.3. The maximum Gasteiger partial charge on any atom is 0.335 e. The Kier molecular flexibility index (Phi) is 13.1. The topological polar surface area (TPSA) is 143 Å². The molecule has 0 radical (unpaired) electrons. The van der Waals surface area contributed by atoms with Crippen molar-refractivity contribution in [3.05, 3.63) is 161 Å². The number of carbonyl (C=O) groups is 3. The number of methoxy groups -OCH3 is 1. The summed E-state index contributed by atoms with van der Waals surface area (Å²) < 4.78 is 18.0. The van der Waals surface area contributed by atoms with Gasteiger partial charge in [0, 0.05) is 35.6 Å². The molecule has 2 amide bonds. The van der Waals surface area contributed by atoms with Crippen LogP contribution in [-0.2, 0) is 38.6 Å². The smallest absolute Gasteiger partial charge is 0.335 e. The summed E-state index contributed by atoms with van der Waals surface area (Å²) >= 11 is 1.60. The van der Waals surface area contributed by atoms with E-state index in [1.165, 1.54) is 7.11 Å². The Balaban J connectivity index is 1.14. The van der Waals surface area contributed by atoms with Gasteiger partial charge in [-0.15, -0.1) is 11.8 Å². The van der Waals surface area contributed by atoms with Crippen LogP contribution in [0.3, 0.4) is 0 Å². The Morgan fingerprint density at radius 2 is 1.50 bits per heavy atom. The molecule has 1 aliphatic rings. The third-order valence-corrected chi connectivity index (χ3v) is 10.3. The van der Waals surface area contributed by atoms with Crippen LogP contribution >= 0.6 is 11.8 Å². The molecule has 4 atom stereocenters. The first-order valence-corrected chi connectivity index (χ1v) is 18.6. The monoisotopic (exact) mass is 746 g/mol. The van der Waals surface area contributed by atoms with Gasteiger partial charge in [-0.2, -0.15) is 0 Å². The van der Waals surface area contributed by atoms with E-state index in [1.807, 2.05) is 103 Å². The van der Waals surface area contributed by atoms with Crippen molar-refractivity contribution in [2.45, 2.75) is 55.4 Å². The summed E-state index contributed by atoms with van der Waals surface area (Å²) in [6.45, 7) is 0.188. The molecule has 10 nitrogen and oxygen atoms in total. The number of aromatic carboxylic acids is 1. The van der Waals surface area contributed by atoms with Gasteiger partial charge in [0.05, 0.1) is 31.5 Å². The highest BCUT2D eigenvalue weighted by atomic mass is 32.2. The summed E-state index contributed by atoms with van der Waals surface area (Å²) in [6.07, 6.45) is -0.139. The van der Waals surface area contributed by atoms with Crippen molar-refractivity contribution < 1.29 is 38.8 Å². The van der Waals surface area contributed by atoms with Crippen molar-refractivity contribution in [1.29, 1.82) is 0 Å². The number of esters is 1. The lowest BCUT2D eigenvalue weighted by atomic mass is 9.98. The van der Waals surface area contributed by atoms with E-state index >= 15 is 0 Å². The van der Waals surface area contributed by atoms with Gasteiger partial charge in [0.15, 0.2) is 6.29 Å². The predicted octanol–water partition coefficient (Wildman–Crippen LogP) is 7.47. The molecule has 4 N–H and O–H groups in total. The lowest BCUT2D eigenvalue weighted by molar-refractivity contribution is -0.245. The zero-order valence-corrected chi connectivity index (χ0v) is 30.5. The second-order valence-electron chi connectivity index (χ2n) is 12.9. The molecule has 5 aromatic rings. The predicted molar refractivity (Wildman–Crippen MR) is 206 cm³/mol. The molecule has 6 rings (SSSR count). The largest absolute Gasteiger partial charge is 0.478 e. The zero-order valence-electron chi connectivity index (χ0n) is 29.7. The van der Waals surface area contributed by atoms with Crippen LogP contribution in [0.4, 0.5) is 4.79 Å². The van der Waals surface area contributed by atoms with Crippen LogP contribution in [0.25, 0.3) is 11.1 Å². The molecule has 1 heterocycles. The number of carboxylic acids is 1. The van der Waals surface area contributed by atoms with E-state index in [-0.39, 0.29) is 30.9 Å². The number of amides is 2. The van der Waals surface area contributed by atoms with Crippen molar-refractivity contribution in [3.8, 4) is 11.1 Å². The first kappa shape index (κ1) is 38.3. The lowest BCUT2D eigenvalue weighted by Gasteiger charge is -2.36. The molecule has 1 saturated heterocycles. The quantitative estimate of drug-likeness (QED) is 0.0673. The molecule has 54 heavy (non-hydrogen) atoms.